The van der Waals surface area contributed by atoms with E-state index in [9.17, 15) is 14.7 Å². The van der Waals surface area contributed by atoms with Gasteiger partial charge >= 0.3 is 5.63 Å². The summed E-state index contributed by atoms with van der Waals surface area (Å²) in [6.45, 7) is 1.76. The van der Waals surface area contributed by atoms with Gasteiger partial charge in [0.05, 0.1) is 23.9 Å². The molecule has 0 fully saturated rings. The van der Waals surface area contributed by atoms with E-state index in [0.717, 1.165) is 5.39 Å². The first-order valence-corrected chi connectivity index (χ1v) is 8.04. The Labute approximate surface area is 147 Å². The van der Waals surface area contributed by atoms with Crippen molar-refractivity contribution in [1.82, 2.24) is 0 Å². The minimum absolute atomic E-state index is 0.0112. The highest BCUT2D eigenvalue weighted by Crippen LogP contribution is 2.26. The van der Waals surface area contributed by atoms with Gasteiger partial charge < -0.3 is 19.3 Å². The van der Waals surface area contributed by atoms with Crippen molar-refractivity contribution in [3.8, 4) is 5.75 Å². The standard InChI is InChI=1S/C20H15NO5/c1-11-14-6-5-13(22)9-17(14)26-20(24)15(11)10-18(23)21-16-4-2-3-12-7-8-25-19(12)16/h2-9,22H,10H2,1H3,(H,21,23). The van der Waals surface area contributed by atoms with Crippen molar-refractivity contribution < 1.29 is 18.7 Å². The number of phenolic OH excluding ortho intramolecular Hbond substituents is 1. The molecule has 0 aliphatic heterocycles. The SMILES string of the molecule is Cc1c(CC(=O)Nc2cccc3ccoc23)c(=O)oc2cc(O)ccc12. The second-order valence-corrected chi connectivity index (χ2v) is 6.04. The maximum Gasteiger partial charge on any atom is 0.340 e. The number of hydrogen-bond donors (Lipinski definition) is 2. The number of furan rings is 1. The largest absolute Gasteiger partial charge is 0.508 e. The molecular weight excluding hydrogens is 334 g/mol. The number of rotatable bonds is 3. The van der Waals surface area contributed by atoms with Crippen molar-refractivity contribution in [3.05, 3.63) is 70.3 Å². The van der Waals surface area contributed by atoms with Gasteiger partial charge in [0.1, 0.15) is 11.3 Å². The molecule has 2 N–H and O–H groups in total. The Bertz CT molecular complexity index is 1200. The minimum atomic E-state index is -0.591. The molecule has 4 aromatic rings. The molecule has 6 heteroatoms. The van der Waals surface area contributed by atoms with Crippen molar-refractivity contribution in [2.45, 2.75) is 13.3 Å². The minimum Gasteiger partial charge on any atom is -0.508 e. The summed E-state index contributed by atoms with van der Waals surface area (Å²) in [4.78, 5) is 24.7. The van der Waals surface area contributed by atoms with Crippen LogP contribution in [0.25, 0.3) is 21.9 Å². The molecule has 2 heterocycles. The molecule has 6 nitrogen and oxygen atoms in total. The highest BCUT2D eigenvalue weighted by molar-refractivity contribution is 6.00. The molecule has 1 amide bonds. The number of para-hydroxylation sites is 1. The Hall–Kier alpha value is -3.54. The molecule has 0 spiro atoms. The van der Waals surface area contributed by atoms with Crippen molar-refractivity contribution >= 4 is 33.5 Å². The lowest BCUT2D eigenvalue weighted by Crippen LogP contribution is -2.20. The zero-order valence-electron chi connectivity index (χ0n) is 13.9. The van der Waals surface area contributed by atoms with Crippen LogP contribution < -0.4 is 10.9 Å². The molecule has 0 aliphatic carbocycles. The van der Waals surface area contributed by atoms with Crippen LogP contribution in [0.2, 0.25) is 0 Å². The van der Waals surface area contributed by atoms with Gasteiger partial charge in [-0.25, -0.2) is 4.79 Å². The fraction of sp³-hybridized carbons (Fsp3) is 0.100. The Kier molecular flexibility index (Phi) is 3.73. The Morgan fingerprint density at radius 3 is 2.88 bits per heavy atom. The fourth-order valence-corrected chi connectivity index (χ4v) is 3.03. The quantitative estimate of drug-likeness (QED) is 0.550. The number of hydrogen-bond acceptors (Lipinski definition) is 5. The van der Waals surface area contributed by atoms with Crippen molar-refractivity contribution in [3.63, 3.8) is 0 Å². The summed E-state index contributed by atoms with van der Waals surface area (Å²) in [5.74, 6) is -0.334. The van der Waals surface area contributed by atoms with Crippen LogP contribution in [0.15, 0.2) is 62.4 Å². The van der Waals surface area contributed by atoms with Crippen LogP contribution in [0.5, 0.6) is 5.75 Å². The van der Waals surface area contributed by atoms with Gasteiger partial charge in [-0.1, -0.05) is 12.1 Å². The van der Waals surface area contributed by atoms with E-state index in [-0.39, 0.29) is 29.2 Å². The van der Waals surface area contributed by atoms with Crippen LogP contribution in [0.3, 0.4) is 0 Å². The van der Waals surface area contributed by atoms with Crippen LogP contribution >= 0.6 is 0 Å². The van der Waals surface area contributed by atoms with Gasteiger partial charge in [0.2, 0.25) is 5.91 Å². The van der Waals surface area contributed by atoms with Gasteiger partial charge in [0, 0.05) is 16.8 Å². The highest BCUT2D eigenvalue weighted by Gasteiger charge is 2.16. The molecule has 0 unspecified atom stereocenters. The maximum absolute atomic E-state index is 12.5. The molecule has 4 rings (SSSR count). The number of anilines is 1. The molecule has 0 radical (unpaired) electrons. The third-order valence-electron chi connectivity index (χ3n) is 4.36. The van der Waals surface area contributed by atoms with E-state index in [2.05, 4.69) is 5.32 Å². The van der Waals surface area contributed by atoms with E-state index in [1.165, 1.54) is 12.1 Å². The number of phenols is 1. The molecule has 0 bridgehead atoms. The topological polar surface area (TPSA) is 92.7 Å². The van der Waals surface area contributed by atoms with Crippen molar-refractivity contribution in [2.75, 3.05) is 5.32 Å². The summed E-state index contributed by atoms with van der Waals surface area (Å²) in [6, 6.07) is 11.8. The van der Waals surface area contributed by atoms with Gasteiger partial charge in [-0.2, -0.15) is 0 Å². The number of carbonyl (C=O) groups excluding carboxylic acids is 1. The number of amides is 1. The van der Waals surface area contributed by atoms with Gasteiger partial charge in [0.25, 0.3) is 0 Å². The average molecular weight is 349 g/mol. The molecule has 2 aromatic carbocycles. The number of benzene rings is 2. The predicted octanol–water partition coefficient (Wildman–Crippen LogP) is 3.73. The van der Waals surface area contributed by atoms with Crippen LogP contribution in [0, 0.1) is 6.92 Å². The zero-order valence-corrected chi connectivity index (χ0v) is 13.9. The molecule has 0 atom stereocenters. The van der Waals surface area contributed by atoms with E-state index in [4.69, 9.17) is 8.83 Å². The molecule has 0 saturated heterocycles. The number of nitrogens with one attached hydrogen (secondary N) is 1. The number of aryl methyl sites for hydroxylation is 1. The summed E-state index contributed by atoms with van der Waals surface area (Å²) >= 11 is 0. The van der Waals surface area contributed by atoms with Crippen LogP contribution in [0.4, 0.5) is 5.69 Å². The van der Waals surface area contributed by atoms with Gasteiger partial charge in [0.15, 0.2) is 5.58 Å². The van der Waals surface area contributed by atoms with E-state index in [0.29, 0.717) is 22.2 Å². The molecule has 0 aliphatic rings. The third kappa shape index (κ3) is 2.71. The van der Waals surface area contributed by atoms with Crippen LogP contribution in [0.1, 0.15) is 11.1 Å². The summed E-state index contributed by atoms with van der Waals surface area (Å²) in [6.07, 6.45) is 1.43. The van der Waals surface area contributed by atoms with E-state index < -0.39 is 5.63 Å². The van der Waals surface area contributed by atoms with Gasteiger partial charge in [-0.15, -0.1) is 0 Å². The number of aromatic hydroxyl groups is 1. The summed E-state index contributed by atoms with van der Waals surface area (Å²) in [5, 5.41) is 13.9. The highest BCUT2D eigenvalue weighted by atomic mass is 16.4. The molecule has 130 valence electrons. The molecule has 0 saturated carbocycles. The monoisotopic (exact) mass is 349 g/mol. The van der Waals surface area contributed by atoms with Crippen molar-refractivity contribution in [1.29, 1.82) is 0 Å². The Morgan fingerprint density at radius 1 is 1.19 bits per heavy atom. The zero-order chi connectivity index (χ0) is 18.3. The van der Waals surface area contributed by atoms with Gasteiger partial charge in [-0.3, -0.25) is 4.79 Å². The van der Waals surface area contributed by atoms with E-state index in [1.54, 1.807) is 25.3 Å². The van der Waals surface area contributed by atoms with Gasteiger partial charge in [-0.05, 0) is 36.8 Å². The smallest absolute Gasteiger partial charge is 0.340 e. The first kappa shape index (κ1) is 16.0. The summed E-state index contributed by atoms with van der Waals surface area (Å²) in [7, 11) is 0. The fourth-order valence-electron chi connectivity index (χ4n) is 3.03. The molecule has 2 aromatic heterocycles. The number of carbonyl (C=O) groups is 1. The average Bonchev–Trinajstić information content (AvgIpc) is 3.08. The lowest BCUT2D eigenvalue weighted by atomic mass is 10.0. The second kappa shape index (κ2) is 6.07. The van der Waals surface area contributed by atoms with E-state index in [1.807, 2.05) is 18.2 Å². The number of fused-ring (bicyclic) bond motifs is 2. The lowest BCUT2D eigenvalue weighted by Gasteiger charge is -2.09. The van der Waals surface area contributed by atoms with E-state index >= 15 is 0 Å². The normalized spacial score (nSPS) is 11.1. The van der Waals surface area contributed by atoms with Crippen LogP contribution in [-0.2, 0) is 11.2 Å². The maximum atomic E-state index is 12.5. The predicted molar refractivity (Wildman–Crippen MR) is 97.4 cm³/mol. The first-order valence-electron chi connectivity index (χ1n) is 8.04. The van der Waals surface area contributed by atoms with Crippen molar-refractivity contribution in [2.24, 2.45) is 0 Å². The first-order chi connectivity index (χ1) is 12.5. The summed E-state index contributed by atoms with van der Waals surface area (Å²) in [5.41, 5.74) is 1.77. The molecule has 26 heavy (non-hydrogen) atoms. The summed E-state index contributed by atoms with van der Waals surface area (Å²) < 4.78 is 10.6. The molecular formula is C20H15NO5. The van der Waals surface area contributed by atoms with Crippen LogP contribution in [-0.4, -0.2) is 11.0 Å². The lowest BCUT2D eigenvalue weighted by molar-refractivity contribution is -0.115. The Balaban J connectivity index is 1.66. The Morgan fingerprint density at radius 2 is 2.04 bits per heavy atom. The third-order valence-corrected chi connectivity index (χ3v) is 4.36. The second-order valence-electron chi connectivity index (χ2n) is 6.04.